The summed E-state index contributed by atoms with van der Waals surface area (Å²) >= 11 is 5.73. The highest BCUT2D eigenvalue weighted by Gasteiger charge is 2.01. The Labute approximate surface area is 139 Å². The molecule has 6 heteroatoms. The molecule has 0 saturated carbocycles. The summed E-state index contributed by atoms with van der Waals surface area (Å²) in [5.41, 5.74) is 7.65. The van der Waals surface area contributed by atoms with Crippen LogP contribution in [0.15, 0.2) is 42.6 Å². The van der Waals surface area contributed by atoms with Crippen molar-refractivity contribution in [3.05, 3.63) is 58.9 Å². The van der Waals surface area contributed by atoms with Gasteiger partial charge in [-0.25, -0.2) is 9.78 Å². The smallest absolute Gasteiger partial charge is 0.407 e. The number of halogens is 1. The fourth-order valence-electron chi connectivity index (χ4n) is 1.70. The molecule has 0 spiro atoms. The Morgan fingerprint density at radius 1 is 1.35 bits per heavy atom. The number of amides is 1. The molecule has 0 bridgehead atoms. The number of benzene rings is 1. The summed E-state index contributed by atoms with van der Waals surface area (Å²) in [7, 11) is 0. The Kier molecular flexibility index (Phi) is 6.28. The highest BCUT2D eigenvalue weighted by Crippen LogP contribution is 2.15. The van der Waals surface area contributed by atoms with Crippen molar-refractivity contribution in [1.29, 1.82) is 0 Å². The van der Waals surface area contributed by atoms with Crippen LogP contribution in [0.5, 0.6) is 0 Å². The SMILES string of the molecule is Nc1cc(C#CCCNC(=O)OCc2ccccc2)cnc1Cl. The Morgan fingerprint density at radius 3 is 2.87 bits per heavy atom. The average Bonchev–Trinajstić information content (AvgIpc) is 2.57. The molecule has 118 valence electrons. The van der Waals surface area contributed by atoms with Gasteiger partial charge in [0.15, 0.2) is 5.15 Å². The summed E-state index contributed by atoms with van der Waals surface area (Å²) in [6.07, 6.45) is 1.57. The lowest BCUT2D eigenvalue weighted by molar-refractivity contribution is 0.140. The zero-order valence-electron chi connectivity index (χ0n) is 12.4. The van der Waals surface area contributed by atoms with E-state index in [1.807, 2.05) is 30.3 Å². The van der Waals surface area contributed by atoms with Crippen LogP contribution in [0.4, 0.5) is 10.5 Å². The highest BCUT2D eigenvalue weighted by atomic mass is 35.5. The first-order valence-corrected chi connectivity index (χ1v) is 7.37. The van der Waals surface area contributed by atoms with E-state index in [0.29, 0.717) is 24.2 Å². The monoisotopic (exact) mass is 329 g/mol. The lowest BCUT2D eigenvalue weighted by Crippen LogP contribution is -2.24. The Balaban J connectivity index is 1.68. The topological polar surface area (TPSA) is 77.2 Å². The molecule has 2 rings (SSSR count). The van der Waals surface area contributed by atoms with Crippen molar-refractivity contribution < 1.29 is 9.53 Å². The molecule has 0 radical (unpaired) electrons. The molecular formula is C17H16ClN3O2. The Hall–Kier alpha value is -2.71. The van der Waals surface area contributed by atoms with Crippen molar-refractivity contribution >= 4 is 23.4 Å². The summed E-state index contributed by atoms with van der Waals surface area (Å²) < 4.78 is 5.08. The number of nitrogens with one attached hydrogen (secondary N) is 1. The second kappa shape index (κ2) is 8.66. The van der Waals surface area contributed by atoms with Crippen LogP contribution in [-0.2, 0) is 11.3 Å². The third-order valence-corrected chi connectivity index (χ3v) is 3.15. The number of carbonyl (C=O) groups is 1. The van der Waals surface area contributed by atoms with Crippen LogP contribution < -0.4 is 11.1 Å². The molecular weight excluding hydrogens is 314 g/mol. The molecule has 0 saturated heterocycles. The van der Waals surface area contributed by atoms with E-state index >= 15 is 0 Å². The van der Waals surface area contributed by atoms with Crippen LogP contribution in [0.1, 0.15) is 17.5 Å². The molecule has 1 aromatic carbocycles. The number of rotatable bonds is 4. The van der Waals surface area contributed by atoms with Gasteiger partial charge in [-0.05, 0) is 11.6 Å². The second-order valence-electron chi connectivity index (χ2n) is 4.64. The second-order valence-corrected chi connectivity index (χ2v) is 5.00. The first-order valence-electron chi connectivity index (χ1n) is 6.99. The molecule has 1 amide bonds. The van der Waals surface area contributed by atoms with Gasteiger partial charge in [-0.3, -0.25) is 0 Å². The molecule has 5 nitrogen and oxygen atoms in total. The molecule has 23 heavy (non-hydrogen) atoms. The lowest BCUT2D eigenvalue weighted by Gasteiger charge is -2.05. The number of hydrogen-bond donors (Lipinski definition) is 2. The first kappa shape index (κ1) is 16.7. The van der Waals surface area contributed by atoms with Crippen LogP contribution in [0, 0.1) is 11.8 Å². The van der Waals surface area contributed by atoms with E-state index in [1.54, 1.807) is 12.3 Å². The van der Waals surface area contributed by atoms with Gasteiger partial charge in [-0.15, -0.1) is 0 Å². The number of nitrogens with zero attached hydrogens (tertiary/aromatic N) is 1. The van der Waals surface area contributed by atoms with Gasteiger partial charge in [0.2, 0.25) is 0 Å². The van der Waals surface area contributed by atoms with Gasteiger partial charge in [0, 0.05) is 24.7 Å². The van der Waals surface area contributed by atoms with E-state index in [2.05, 4.69) is 22.1 Å². The molecule has 0 fully saturated rings. The third kappa shape index (κ3) is 5.89. The van der Waals surface area contributed by atoms with E-state index in [4.69, 9.17) is 22.1 Å². The minimum Gasteiger partial charge on any atom is -0.445 e. The summed E-state index contributed by atoms with van der Waals surface area (Å²) in [6, 6.07) is 11.1. The van der Waals surface area contributed by atoms with Gasteiger partial charge in [0.05, 0.1) is 5.69 Å². The van der Waals surface area contributed by atoms with Crippen molar-refractivity contribution in [3.63, 3.8) is 0 Å². The number of hydrogen-bond acceptors (Lipinski definition) is 4. The van der Waals surface area contributed by atoms with Crippen molar-refractivity contribution in [2.75, 3.05) is 12.3 Å². The normalized spacial score (nSPS) is 9.61. The Bertz CT molecular complexity index is 724. The lowest BCUT2D eigenvalue weighted by atomic mass is 10.2. The molecule has 0 unspecified atom stereocenters. The van der Waals surface area contributed by atoms with E-state index in [1.165, 1.54) is 0 Å². The molecule has 3 N–H and O–H groups in total. The fraction of sp³-hybridized carbons (Fsp3) is 0.176. The van der Waals surface area contributed by atoms with Crippen LogP contribution >= 0.6 is 11.6 Å². The molecule has 0 aliphatic rings. The summed E-state index contributed by atoms with van der Waals surface area (Å²) in [5.74, 6) is 5.82. The van der Waals surface area contributed by atoms with Gasteiger partial charge < -0.3 is 15.8 Å². The molecule has 0 aliphatic carbocycles. The van der Waals surface area contributed by atoms with Gasteiger partial charge in [0.25, 0.3) is 0 Å². The number of alkyl carbamates (subject to hydrolysis) is 1. The van der Waals surface area contributed by atoms with Crippen LogP contribution in [0.3, 0.4) is 0 Å². The zero-order valence-corrected chi connectivity index (χ0v) is 13.1. The van der Waals surface area contributed by atoms with E-state index < -0.39 is 6.09 Å². The maximum atomic E-state index is 11.5. The number of ether oxygens (including phenoxy) is 1. The number of nitrogens with two attached hydrogens (primary N) is 1. The highest BCUT2D eigenvalue weighted by molar-refractivity contribution is 6.31. The summed E-state index contributed by atoms with van der Waals surface area (Å²) in [5, 5.41) is 2.90. The Morgan fingerprint density at radius 2 is 2.13 bits per heavy atom. The predicted octanol–water partition coefficient (Wildman–Crippen LogP) is 2.99. The van der Waals surface area contributed by atoms with Gasteiger partial charge in [-0.2, -0.15) is 0 Å². The molecule has 1 heterocycles. The van der Waals surface area contributed by atoms with E-state index in [-0.39, 0.29) is 11.8 Å². The van der Waals surface area contributed by atoms with Crippen molar-refractivity contribution in [2.24, 2.45) is 0 Å². The summed E-state index contributed by atoms with van der Waals surface area (Å²) in [6.45, 7) is 0.644. The predicted molar refractivity (Wildman–Crippen MR) is 89.8 cm³/mol. The number of pyridine rings is 1. The molecule has 2 aromatic rings. The minimum absolute atomic E-state index is 0.244. The number of nitrogen functional groups attached to an aromatic ring is 1. The van der Waals surface area contributed by atoms with Gasteiger partial charge in [0.1, 0.15) is 6.61 Å². The molecule has 0 aliphatic heterocycles. The van der Waals surface area contributed by atoms with E-state index in [0.717, 1.165) is 5.56 Å². The minimum atomic E-state index is -0.465. The standard InChI is InChI=1S/C17H16ClN3O2/c18-16-15(19)10-14(11-21-16)8-4-5-9-20-17(22)23-12-13-6-2-1-3-7-13/h1-3,6-7,10-11H,5,9,12,19H2,(H,20,22). The van der Waals surface area contributed by atoms with Crippen LogP contribution in [0.2, 0.25) is 5.15 Å². The van der Waals surface area contributed by atoms with Crippen LogP contribution in [0.25, 0.3) is 0 Å². The van der Waals surface area contributed by atoms with E-state index in [9.17, 15) is 4.79 Å². The quantitative estimate of drug-likeness (QED) is 0.513. The number of aromatic nitrogens is 1. The maximum absolute atomic E-state index is 11.5. The van der Waals surface area contributed by atoms with Gasteiger partial charge >= 0.3 is 6.09 Å². The third-order valence-electron chi connectivity index (χ3n) is 2.83. The molecule has 0 atom stereocenters. The van der Waals surface area contributed by atoms with Crippen LogP contribution in [-0.4, -0.2) is 17.6 Å². The fourth-order valence-corrected chi connectivity index (χ4v) is 1.80. The largest absolute Gasteiger partial charge is 0.445 e. The average molecular weight is 330 g/mol. The zero-order chi connectivity index (χ0) is 16.5. The first-order chi connectivity index (χ1) is 11.1. The van der Waals surface area contributed by atoms with Crippen molar-refractivity contribution in [3.8, 4) is 11.8 Å². The molecule has 1 aromatic heterocycles. The summed E-state index contributed by atoms with van der Waals surface area (Å²) in [4.78, 5) is 15.4. The number of anilines is 1. The van der Waals surface area contributed by atoms with Crippen molar-refractivity contribution in [1.82, 2.24) is 10.3 Å². The maximum Gasteiger partial charge on any atom is 0.407 e. The van der Waals surface area contributed by atoms with Crippen molar-refractivity contribution in [2.45, 2.75) is 13.0 Å². The van der Waals surface area contributed by atoms with Gasteiger partial charge in [-0.1, -0.05) is 53.8 Å². The number of carbonyl (C=O) groups excluding carboxylic acids is 1.